The molecule has 0 unspecified atom stereocenters. The lowest BCUT2D eigenvalue weighted by Gasteiger charge is -2.54. The summed E-state index contributed by atoms with van der Waals surface area (Å²) in [4.78, 5) is 26.7. The summed E-state index contributed by atoms with van der Waals surface area (Å²) in [6.45, 7) is 0. The molecule has 28 heavy (non-hydrogen) atoms. The van der Waals surface area contributed by atoms with Gasteiger partial charge in [0.25, 0.3) is 0 Å². The lowest BCUT2D eigenvalue weighted by Crippen LogP contribution is -2.59. The fourth-order valence-corrected chi connectivity index (χ4v) is 4.95. The van der Waals surface area contributed by atoms with Gasteiger partial charge in [0, 0.05) is 21.5 Å². The van der Waals surface area contributed by atoms with E-state index in [0.717, 1.165) is 15.6 Å². The number of ether oxygens (including phenoxy) is 1. The minimum atomic E-state index is -1.16. The summed E-state index contributed by atoms with van der Waals surface area (Å²) >= 11 is 3.47. The summed E-state index contributed by atoms with van der Waals surface area (Å²) in [5.41, 5.74) is 1.46. The average Bonchev–Trinajstić information content (AvgIpc) is 2.70. The van der Waals surface area contributed by atoms with Crippen LogP contribution in [0.25, 0.3) is 0 Å². The molecule has 4 heteroatoms. The molecule has 0 bridgehead atoms. The Morgan fingerprint density at radius 1 is 0.929 bits per heavy atom. The second-order valence-electron chi connectivity index (χ2n) is 7.43. The highest BCUT2D eigenvalue weighted by atomic mass is 79.9. The number of benzene rings is 3. The third-order valence-corrected chi connectivity index (χ3v) is 6.56. The zero-order valence-corrected chi connectivity index (χ0v) is 16.6. The summed E-state index contributed by atoms with van der Waals surface area (Å²) in [6, 6.07) is 24.8. The predicted octanol–water partition coefficient (Wildman–Crippen LogP) is 5.51. The Hall–Kier alpha value is -2.72. The molecule has 0 saturated heterocycles. The van der Waals surface area contributed by atoms with Crippen molar-refractivity contribution in [3.8, 4) is 5.75 Å². The van der Waals surface area contributed by atoms with E-state index in [1.165, 1.54) is 0 Å². The van der Waals surface area contributed by atoms with E-state index in [9.17, 15) is 9.59 Å². The van der Waals surface area contributed by atoms with Gasteiger partial charge < -0.3 is 4.74 Å². The zero-order chi connectivity index (χ0) is 19.3. The number of esters is 1. The molecule has 3 atom stereocenters. The molecule has 5 rings (SSSR count). The maximum absolute atomic E-state index is 13.5. The van der Waals surface area contributed by atoms with Crippen LogP contribution in [0.5, 0.6) is 5.75 Å². The van der Waals surface area contributed by atoms with Gasteiger partial charge in [-0.15, -0.1) is 0 Å². The van der Waals surface area contributed by atoms with E-state index in [2.05, 4.69) is 28.1 Å². The Bertz CT molecular complexity index is 1070. The molecule has 138 valence electrons. The van der Waals surface area contributed by atoms with Crippen LogP contribution in [0, 0.1) is 5.41 Å². The fourth-order valence-electron chi connectivity index (χ4n) is 4.68. The normalized spacial score (nSPS) is 25.1. The van der Waals surface area contributed by atoms with E-state index in [-0.39, 0.29) is 17.6 Å². The number of hydrogen-bond donors (Lipinski definition) is 0. The third-order valence-electron chi connectivity index (χ3n) is 6.04. The number of fused-ring (bicyclic) bond motifs is 3. The second-order valence-corrected chi connectivity index (χ2v) is 8.35. The lowest BCUT2D eigenvalue weighted by molar-refractivity contribution is -0.153. The molecule has 0 N–H and O–H groups in total. The van der Waals surface area contributed by atoms with E-state index >= 15 is 0 Å². The number of hydrogen-bond acceptors (Lipinski definition) is 3. The molecule has 3 aromatic rings. The van der Waals surface area contributed by atoms with Crippen molar-refractivity contribution < 1.29 is 14.3 Å². The van der Waals surface area contributed by atoms with Crippen LogP contribution in [0.4, 0.5) is 0 Å². The minimum absolute atomic E-state index is 0.0924. The Morgan fingerprint density at radius 2 is 1.61 bits per heavy atom. The molecule has 1 saturated carbocycles. The van der Waals surface area contributed by atoms with Gasteiger partial charge >= 0.3 is 5.97 Å². The summed E-state index contributed by atoms with van der Waals surface area (Å²) in [5.74, 6) is -0.145. The van der Waals surface area contributed by atoms with Crippen molar-refractivity contribution in [1.29, 1.82) is 0 Å². The molecule has 0 radical (unpaired) electrons. The summed E-state index contributed by atoms with van der Waals surface area (Å²) in [7, 11) is 0. The summed E-state index contributed by atoms with van der Waals surface area (Å²) < 4.78 is 6.65. The van der Waals surface area contributed by atoms with Crippen LogP contribution < -0.4 is 4.74 Å². The number of para-hydroxylation sites is 1. The highest BCUT2D eigenvalue weighted by molar-refractivity contribution is 9.10. The largest absolute Gasteiger partial charge is 0.425 e. The van der Waals surface area contributed by atoms with Gasteiger partial charge in [-0.25, -0.2) is 0 Å². The van der Waals surface area contributed by atoms with Crippen molar-refractivity contribution in [3.05, 3.63) is 100 Å². The maximum Gasteiger partial charge on any atom is 0.326 e. The predicted molar refractivity (Wildman–Crippen MR) is 110 cm³/mol. The molecule has 3 nitrogen and oxygen atoms in total. The summed E-state index contributed by atoms with van der Waals surface area (Å²) in [5, 5.41) is 0. The highest BCUT2D eigenvalue weighted by Gasteiger charge is 2.67. The van der Waals surface area contributed by atoms with Crippen molar-refractivity contribution in [1.82, 2.24) is 0 Å². The zero-order valence-electron chi connectivity index (χ0n) is 15.0. The maximum atomic E-state index is 13.5. The Kier molecular flexibility index (Phi) is 3.98. The molecule has 3 aromatic carbocycles. The van der Waals surface area contributed by atoms with Gasteiger partial charge in [0.2, 0.25) is 0 Å². The van der Waals surface area contributed by atoms with Crippen LogP contribution in [-0.4, -0.2) is 11.8 Å². The molecule has 0 amide bonds. The molecule has 0 aromatic heterocycles. The van der Waals surface area contributed by atoms with Crippen LogP contribution in [0.2, 0.25) is 0 Å². The average molecular weight is 433 g/mol. The number of carbonyl (C=O) groups excluding carboxylic acids is 2. The Labute approximate surface area is 171 Å². The van der Waals surface area contributed by atoms with E-state index < -0.39 is 11.4 Å². The first-order valence-corrected chi connectivity index (χ1v) is 10.1. The standard InChI is InChI=1S/C24H17BrO3/c25-17-12-10-15(11-13-17)19-14-24(22(26)16-6-2-1-3-7-16)21(19)18-8-4-5-9-20(18)28-23(24)27/h1-13,19,21H,14H2/t19-,21+,24-/m0/s1. The van der Waals surface area contributed by atoms with E-state index in [1.54, 1.807) is 18.2 Å². The van der Waals surface area contributed by atoms with E-state index in [4.69, 9.17) is 4.74 Å². The van der Waals surface area contributed by atoms with Gasteiger partial charge in [0.15, 0.2) is 5.78 Å². The number of Topliss-reactive ketones (excluding diaryl/α,β-unsaturated/α-hetero) is 1. The first-order valence-electron chi connectivity index (χ1n) is 9.28. The number of carbonyl (C=O) groups is 2. The van der Waals surface area contributed by atoms with E-state index in [0.29, 0.717) is 17.7 Å². The van der Waals surface area contributed by atoms with Crippen molar-refractivity contribution in [2.24, 2.45) is 5.41 Å². The number of halogens is 1. The van der Waals surface area contributed by atoms with Crippen LogP contribution >= 0.6 is 15.9 Å². The Morgan fingerprint density at radius 3 is 2.36 bits per heavy atom. The summed E-state index contributed by atoms with van der Waals surface area (Å²) in [6.07, 6.45) is 0.459. The lowest BCUT2D eigenvalue weighted by atomic mass is 9.47. The minimum Gasteiger partial charge on any atom is -0.425 e. The quantitative estimate of drug-likeness (QED) is 0.237. The van der Waals surface area contributed by atoms with E-state index in [1.807, 2.05) is 48.5 Å². The SMILES string of the molecule is O=C1Oc2ccccc2[C@@H]2[C@H](c3ccc(Br)cc3)C[C@]12C(=O)c1ccccc1. The molecule has 1 heterocycles. The molecule has 1 aliphatic heterocycles. The first kappa shape index (κ1) is 17.4. The molecular weight excluding hydrogens is 416 g/mol. The topological polar surface area (TPSA) is 43.4 Å². The highest BCUT2D eigenvalue weighted by Crippen LogP contribution is 2.66. The molecule has 0 spiro atoms. The number of ketones is 1. The van der Waals surface area contributed by atoms with Crippen molar-refractivity contribution >= 4 is 27.7 Å². The van der Waals surface area contributed by atoms with Gasteiger partial charge in [0.05, 0.1) is 0 Å². The monoisotopic (exact) mass is 432 g/mol. The van der Waals surface area contributed by atoms with Gasteiger partial charge in [-0.1, -0.05) is 76.6 Å². The van der Waals surface area contributed by atoms with Gasteiger partial charge in [-0.3, -0.25) is 9.59 Å². The van der Waals surface area contributed by atoms with Crippen LogP contribution in [0.3, 0.4) is 0 Å². The van der Waals surface area contributed by atoms with Gasteiger partial charge in [-0.2, -0.15) is 0 Å². The Balaban J connectivity index is 1.65. The molecule has 2 aliphatic rings. The smallest absolute Gasteiger partial charge is 0.326 e. The number of rotatable bonds is 3. The van der Waals surface area contributed by atoms with Crippen LogP contribution in [-0.2, 0) is 4.79 Å². The van der Waals surface area contributed by atoms with Crippen LogP contribution in [0.1, 0.15) is 39.7 Å². The first-order chi connectivity index (χ1) is 13.6. The van der Waals surface area contributed by atoms with Gasteiger partial charge in [0.1, 0.15) is 11.2 Å². The van der Waals surface area contributed by atoms with Crippen molar-refractivity contribution in [3.63, 3.8) is 0 Å². The van der Waals surface area contributed by atoms with Crippen molar-refractivity contribution in [2.75, 3.05) is 0 Å². The molecular formula is C24H17BrO3. The third kappa shape index (κ3) is 2.41. The van der Waals surface area contributed by atoms with Crippen LogP contribution in [0.15, 0.2) is 83.3 Å². The molecule has 1 fully saturated rings. The fraction of sp³-hybridized carbons (Fsp3) is 0.167. The second kappa shape index (κ2) is 6.42. The van der Waals surface area contributed by atoms with Gasteiger partial charge in [-0.05, 0) is 36.1 Å². The van der Waals surface area contributed by atoms with Crippen molar-refractivity contribution in [2.45, 2.75) is 18.3 Å². The molecule has 1 aliphatic carbocycles.